The quantitative estimate of drug-likeness (QED) is 0.873. The number of hydrogen-bond donors (Lipinski definition) is 2. The molecule has 1 fully saturated rings. The summed E-state index contributed by atoms with van der Waals surface area (Å²) >= 11 is 0. The Labute approximate surface area is 113 Å². The van der Waals surface area contributed by atoms with E-state index in [2.05, 4.69) is 5.32 Å². The zero-order valence-electron chi connectivity index (χ0n) is 11.5. The number of hydrogen-bond acceptors (Lipinski definition) is 3. The van der Waals surface area contributed by atoms with E-state index in [1.165, 1.54) is 0 Å². The fourth-order valence-corrected chi connectivity index (χ4v) is 2.59. The maximum atomic E-state index is 12.0. The van der Waals surface area contributed by atoms with Gasteiger partial charge < -0.3 is 15.2 Å². The smallest absolute Gasteiger partial charge is 0.251 e. The van der Waals surface area contributed by atoms with E-state index in [4.69, 9.17) is 4.74 Å². The predicted molar refractivity (Wildman–Crippen MR) is 73.3 cm³/mol. The normalized spacial score (nSPS) is 26.2. The molecule has 2 N–H and O–H groups in total. The molecule has 1 saturated carbocycles. The standard InChI is InChI=1S/C15H21NO3/c1-11-5-4-8-15(11,18)10-16-14(17)12-6-3-7-13(9-12)19-2/h3,6-7,9,11,18H,4-5,8,10H2,1-2H3,(H,16,17)/t11-,15+/m0/s1. The lowest BCUT2D eigenvalue weighted by Gasteiger charge is -2.27. The Morgan fingerprint density at radius 2 is 2.37 bits per heavy atom. The molecular weight excluding hydrogens is 242 g/mol. The average Bonchev–Trinajstić information content (AvgIpc) is 2.76. The summed E-state index contributed by atoms with van der Waals surface area (Å²) in [5.74, 6) is 0.713. The maximum Gasteiger partial charge on any atom is 0.251 e. The third-order valence-corrected chi connectivity index (χ3v) is 4.05. The second kappa shape index (κ2) is 5.61. The molecule has 2 atom stereocenters. The molecular formula is C15H21NO3. The van der Waals surface area contributed by atoms with Gasteiger partial charge in [0.15, 0.2) is 0 Å². The Kier molecular flexibility index (Phi) is 4.10. The minimum absolute atomic E-state index is 0.175. The Morgan fingerprint density at radius 3 is 3.00 bits per heavy atom. The van der Waals surface area contributed by atoms with E-state index < -0.39 is 5.60 Å². The molecule has 104 valence electrons. The Bertz CT molecular complexity index is 460. The molecule has 1 aliphatic rings. The van der Waals surface area contributed by atoms with E-state index in [-0.39, 0.29) is 11.8 Å². The molecule has 1 aliphatic carbocycles. The van der Waals surface area contributed by atoms with Crippen molar-refractivity contribution in [1.82, 2.24) is 5.32 Å². The molecule has 0 spiro atoms. The van der Waals surface area contributed by atoms with Crippen LogP contribution in [0.15, 0.2) is 24.3 Å². The van der Waals surface area contributed by atoms with Crippen molar-refractivity contribution in [3.05, 3.63) is 29.8 Å². The minimum Gasteiger partial charge on any atom is -0.497 e. The van der Waals surface area contributed by atoms with Gasteiger partial charge in [-0.2, -0.15) is 0 Å². The molecule has 0 saturated heterocycles. The number of ether oxygens (including phenoxy) is 1. The van der Waals surface area contributed by atoms with Crippen LogP contribution in [0, 0.1) is 5.92 Å². The van der Waals surface area contributed by atoms with Crippen molar-refractivity contribution in [2.24, 2.45) is 5.92 Å². The van der Waals surface area contributed by atoms with E-state index in [1.807, 2.05) is 6.92 Å². The van der Waals surface area contributed by atoms with Gasteiger partial charge >= 0.3 is 0 Å². The molecule has 0 bridgehead atoms. The van der Waals surface area contributed by atoms with Gasteiger partial charge in [0.05, 0.1) is 12.7 Å². The van der Waals surface area contributed by atoms with Crippen molar-refractivity contribution < 1.29 is 14.6 Å². The fourth-order valence-electron chi connectivity index (χ4n) is 2.59. The van der Waals surface area contributed by atoms with Crippen LogP contribution in [-0.2, 0) is 0 Å². The highest BCUT2D eigenvalue weighted by atomic mass is 16.5. The first-order valence-corrected chi connectivity index (χ1v) is 6.70. The molecule has 4 heteroatoms. The van der Waals surface area contributed by atoms with Crippen molar-refractivity contribution in [1.29, 1.82) is 0 Å². The summed E-state index contributed by atoms with van der Waals surface area (Å²) in [6, 6.07) is 7.00. The van der Waals surface area contributed by atoms with Crippen molar-refractivity contribution in [2.45, 2.75) is 31.8 Å². The van der Waals surface area contributed by atoms with Crippen molar-refractivity contribution in [2.75, 3.05) is 13.7 Å². The lowest BCUT2D eigenvalue weighted by atomic mass is 9.92. The zero-order valence-corrected chi connectivity index (χ0v) is 11.5. The SMILES string of the molecule is COc1cccc(C(=O)NC[C@]2(O)CCC[C@@H]2C)c1. The molecule has 0 unspecified atom stereocenters. The van der Waals surface area contributed by atoms with Crippen molar-refractivity contribution in [3.63, 3.8) is 0 Å². The van der Waals surface area contributed by atoms with Crippen LogP contribution in [0.1, 0.15) is 36.5 Å². The summed E-state index contributed by atoms with van der Waals surface area (Å²) in [6.45, 7) is 2.34. The van der Waals surface area contributed by atoms with Crippen molar-refractivity contribution >= 4 is 5.91 Å². The Morgan fingerprint density at radius 1 is 1.58 bits per heavy atom. The first-order valence-electron chi connectivity index (χ1n) is 6.70. The highest BCUT2D eigenvalue weighted by Gasteiger charge is 2.38. The van der Waals surface area contributed by atoms with Gasteiger partial charge in [0, 0.05) is 12.1 Å². The molecule has 2 rings (SSSR count). The molecule has 1 aromatic carbocycles. The van der Waals surface area contributed by atoms with E-state index in [0.717, 1.165) is 19.3 Å². The number of carbonyl (C=O) groups excluding carboxylic acids is 1. The van der Waals surface area contributed by atoms with Crippen LogP contribution in [0.4, 0.5) is 0 Å². The number of aliphatic hydroxyl groups is 1. The van der Waals surface area contributed by atoms with Gasteiger partial charge in [0.25, 0.3) is 5.91 Å². The van der Waals surface area contributed by atoms with Crippen LogP contribution >= 0.6 is 0 Å². The third-order valence-electron chi connectivity index (χ3n) is 4.05. The van der Waals surface area contributed by atoms with Crippen molar-refractivity contribution in [3.8, 4) is 5.75 Å². The molecule has 0 heterocycles. The molecule has 4 nitrogen and oxygen atoms in total. The predicted octanol–water partition coefficient (Wildman–Crippen LogP) is 1.98. The van der Waals surface area contributed by atoms with E-state index in [9.17, 15) is 9.90 Å². The van der Waals surface area contributed by atoms with Crippen LogP contribution < -0.4 is 10.1 Å². The Balaban J connectivity index is 1.97. The van der Waals surface area contributed by atoms with Crippen LogP contribution in [-0.4, -0.2) is 30.3 Å². The zero-order chi connectivity index (χ0) is 13.9. The highest BCUT2D eigenvalue weighted by molar-refractivity contribution is 5.94. The number of carbonyl (C=O) groups is 1. The summed E-state index contributed by atoms with van der Waals surface area (Å²) < 4.78 is 5.09. The second-order valence-corrected chi connectivity index (χ2v) is 5.31. The van der Waals surface area contributed by atoms with Crippen LogP contribution in [0.25, 0.3) is 0 Å². The summed E-state index contributed by atoms with van der Waals surface area (Å²) in [4.78, 5) is 12.0. The summed E-state index contributed by atoms with van der Waals surface area (Å²) in [5.41, 5.74) is -0.206. The monoisotopic (exact) mass is 263 g/mol. The van der Waals surface area contributed by atoms with Gasteiger partial charge in [-0.3, -0.25) is 4.79 Å². The highest BCUT2D eigenvalue weighted by Crippen LogP contribution is 2.34. The van der Waals surface area contributed by atoms with Gasteiger partial charge in [0.2, 0.25) is 0 Å². The first kappa shape index (κ1) is 13.9. The average molecular weight is 263 g/mol. The first-order chi connectivity index (χ1) is 9.05. The lowest BCUT2D eigenvalue weighted by Crippen LogP contribution is -2.44. The molecule has 0 radical (unpaired) electrons. The molecule has 0 aromatic heterocycles. The summed E-state index contributed by atoms with van der Waals surface area (Å²) in [7, 11) is 1.57. The number of methoxy groups -OCH3 is 1. The molecule has 0 aliphatic heterocycles. The summed E-state index contributed by atoms with van der Waals surface area (Å²) in [6.07, 6.45) is 2.80. The summed E-state index contributed by atoms with van der Waals surface area (Å²) in [5, 5.41) is 13.2. The van der Waals surface area contributed by atoms with Crippen LogP contribution in [0.5, 0.6) is 5.75 Å². The van der Waals surface area contributed by atoms with Gasteiger partial charge in [0.1, 0.15) is 5.75 Å². The Hall–Kier alpha value is -1.55. The number of benzene rings is 1. The van der Waals surface area contributed by atoms with Gasteiger partial charge in [-0.15, -0.1) is 0 Å². The van der Waals surface area contributed by atoms with Crippen LogP contribution in [0.2, 0.25) is 0 Å². The van der Waals surface area contributed by atoms with Gasteiger partial charge in [-0.05, 0) is 37.0 Å². The van der Waals surface area contributed by atoms with Crippen LogP contribution in [0.3, 0.4) is 0 Å². The molecule has 19 heavy (non-hydrogen) atoms. The number of nitrogens with one attached hydrogen (secondary N) is 1. The number of rotatable bonds is 4. The topological polar surface area (TPSA) is 58.6 Å². The maximum absolute atomic E-state index is 12.0. The molecule has 1 amide bonds. The van der Waals surface area contributed by atoms with Gasteiger partial charge in [-0.25, -0.2) is 0 Å². The third kappa shape index (κ3) is 3.07. The minimum atomic E-state index is -0.755. The van der Waals surface area contributed by atoms with E-state index in [0.29, 0.717) is 17.9 Å². The lowest BCUT2D eigenvalue weighted by molar-refractivity contribution is 0.0101. The number of amides is 1. The fraction of sp³-hybridized carbons (Fsp3) is 0.533. The largest absolute Gasteiger partial charge is 0.497 e. The van der Waals surface area contributed by atoms with Gasteiger partial charge in [-0.1, -0.05) is 19.4 Å². The second-order valence-electron chi connectivity index (χ2n) is 5.31. The molecule has 1 aromatic rings. The van der Waals surface area contributed by atoms with E-state index >= 15 is 0 Å². The van der Waals surface area contributed by atoms with E-state index in [1.54, 1.807) is 31.4 Å².